The quantitative estimate of drug-likeness (QED) is 0.721. The summed E-state index contributed by atoms with van der Waals surface area (Å²) < 4.78 is 0. The van der Waals surface area contributed by atoms with E-state index in [9.17, 15) is 4.79 Å². The standard InChI is InChI=1S/C24H33N5OS/c1-17-5-4-12-29(16-17)19-9-13-28(14-10-19)23(30)21-15-26-24(31-21)27-22(18-7-8-18)20-6-2-3-11-25-20/h2-3,6,11,15,17-19,22H,4-5,7-10,12-14,16H2,1H3,(H,26,27)/t17-,22?/m1/s1. The SMILES string of the molecule is C[C@@H]1CCCN(C2CCN(C(=O)c3cnc(NC(c4ccccn4)C4CC4)s3)CC2)C1. The summed E-state index contributed by atoms with van der Waals surface area (Å²) >= 11 is 1.48. The highest BCUT2D eigenvalue weighted by Crippen LogP contribution is 2.42. The van der Waals surface area contributed by atoms with E-state index in [-0.39, 0.29) is 11.9 Å². The number of carbonyl (C=O) groups excluding carboxylic acids is 1. The number of rotatable bonds is 6. The molecule has 1 aliphatic carbocycles. The molecule has 2 aliphatic heterocycles. The highest BCUT2D eigenvalue weighted by molar-refractivity contribution is 7.17. The molecule has 0 spiro atoms. The molecule has 2 saturated heterocycles. The van der Waals surface area contributed by atoms with Crippen molar-refractivity contribution in [2.45, 2.75) is 57.5 Å². The Balaban J connectivity index is 1.18. The van der Waals surface area contributed by atoms with Gasteiger partial charge in [0, 0.05) is 31.9 Å². The van der Waals surface area contributed by atoms with Crippen LogP contribution >= 0.6 is 11.3 Å². The van der Waals surface area contributed by atoms with Gasteiger partial charge in [0.05, 0.1) is 17.9 Å². The molecule has 2 aromatic rings. The normalized spacial score (nSPS) is 24.2. The number of anilines is 1. The van der Waals surface area contributed by atoms with E-state index in [4.69, 9.17) is 0 Å². The van der Waals surface area contributed by atoms with Crippen molar-refractivity contribution in [2.75, 3.05) is 31.5 Å². The first-order valence-corrected chi connectivity index (χ1v) is 12.7. The van der Waals surface area contributed by atoms with Gasteiger partial charge in [0.2, 0.25) is 0 Å². The Bertz CT molecular complexity index is 875. The third kappa shape index (κ3) is 4.93. The van der Waals surface area contributed by atoms with Crippen LogP contribution in [0.4, 0.5) is 5.13 Å². The molecule has 2 atom stereocenters. The highest BCUT2D eigenvalue weighted by atomic mass is 32.1. The van der Waals surface area contributed by atoms with Gasteiger partial charge < -0.3 is 10.2 Å². The molecular weight excluding hydrogens is 406 g/mol. The second-order valence-corrected chi connectivity index (χ2v) is 10.5. The number of likely N-dealkylation sites (tertiary alicyclic amines) is 2. The molecule has 0 bridgehead atoms. The van der Waals surface area contributed by atoms with Gasteiger partial charge in [0.15, 0.2) is 5.13 Å². The zero-order chi connectivity index (χ0) is 21.2. The predicted molar refractivity (Wildman–Crippen MR) is 124 cm³/mol. The minimum absolute atomic E-state index is 0.136. The first-order chi connectivity index (χ1) is 15.2. The van der Waals surface area contributed by atoms with Gasteiger partial charge in [-0.2, -0.15) is 0 Å². The lowest BCUT2D eigenvalue weighted by Crippen LogP contribution is -2.49. The van der Waals surface area contributed by atoms with E-state index < -0.39 is 0 Å². The van der Waals surface area contributed by atoms with Crippen LogP contribution in [-0.4, -0.2) is 57.9 Å². The van der Waals surface area contributed by atoms with Crippen molar-refractivity contribution in [3.63, 3.8) is 0 Å². The van der Waals surface area contributed by atoms with E-state index >= 15 is 0 Å². The Labute approximate surface area is 189 Å². The minimum Gasteiger partial charge on any atom is -0.353 e. The van der Waals surface area contributed by atoms with Crippen LogP contribution in [0.5, 0.6) is 0 Å². The third-order valence-corrected chi connectivity index (χ3v) is 7.97. The third-order valence-electron chi connectivity index (χ3n) is 7.05. The molecule has 1 saturated carbocycles. The van der Waals surface area contributed by atoms with Crippen molar-refractivity contribution in [1.82, 2.24) is 19.8 Å². The predicted octanol–water partition coefficient (Wildman–Crippen LogP) is 4.44. The van der Waals surface area contributed by atoms with Gasteiger partial charge in [-0.05, 0) is 69.0 Å². The summed E-state index contributed by atoms with van der Waals surface area (Å²) in [4.78, 5) is 27.6. The number of nitrogens with one attached hydrogen (secondary N) is 1. The number of aromatic nitrogens is 2. The van der Waals surface area contributed by atoms with E-state index in [1.165, 1.54) is 50.1 Å². The summed E-state index contributed by atoms with van der Waals surface area (Å²) in [5.74, 6) is 1.55. The fourth-order valence-electron chi connectivity index (χ4n) is 5.14. The summed E-state index contributed by atoms with van der Waals surface area (Å²) in [7, 11) is 0. The van der Waals surface area contributed by atoms with Crippen molar-refractivity contribution in [1.29, 1.82) is 0 Å². The number of thiazole rings is 1. The summed E-state index contributed by atoms with van der Waals surface area (Å²) in [5.41, 5.74) is 1.06. The van der Waals surface area contributed by atoms with Crippen molar-refractivity contribution in [3.05, 3.63) is 41.2 Å². The zero-order valence-corrected chi connectivity index (χ0v) is 19.2. The molecule has 0 aromatic carbocycles. The minimum atomic E-state index is 0.136. The van der Waals surface area contributed by atoms with Crippen LogP contribution in [0.3, 0.4) is 0 Å². The molecule has 166 valence electrons. The van der Waals surface area contributed by atoms with Gasteiger partial charge in [-0.25, -0.2) is 4.98 Å². The van der Waals surface area contributed by atoms with E-state index in [1.807, 2.05) is 23.2 Å². The largest absolute Gasteiger partial charge is 0.353 e. The lowest BCUT2D eigenvalue weighted by molar-refractivity contribution is 0.0545. The number of carbonyl (C=O) groups is 1. The molecule has 1 unspecified atom stereocenters. The second kappa shape index (κ2) is 9.25. The van der Waals surface area contributed by atoms with Crippen molar-refractivity contribution in [2.24, 2.45) is 11.8 Å². The Morgan fingerprint density at radius 3 is 2.68 bits per heavy atom. The van der Waals surface area contributed by atoms with E-state index in [2.05, 4.69) is 33.2 Å². The van der Waals surface area contributed by atoms with Crippen LogP contribution in [0.2, 0.25) is 0 Å². The zero-order valence-electron chi connectivity index (χ0n) is 18.4. The molecule has 3 fully saturated rings. The maximum atomic E-state index is 13.1. The van der Waals surface area contributed by atoms with E-state index in [0.29, 0.717) is 12.0 Å². The number of hydrogen-bond acceptors (Lipinski definition) is 6. The molecule has 31 heavy (non-hydrogen) atoms. The Hall–Kier alpha value is -1.99. The summed E-state index contributed by atoms with van der Waals surface area (Å²) in [6.45, 7) is 6.52. The first-order valence-electron chi connectivity index (χ1n) is 11.8. The fraction of sp³-hybridized carbons (Fsp3) is 0.625. The van der Waals surface area contributed by atoms with Crippen molar-refractivity contribution < 1.29 is 4.79 Å². The highest BCUT2D eigenvalue weighted by Gasteiger charge is 2.34. The summed E-state index contributed by atoms with van der Waals surface area (Å²) in [6, 6.07) is 6.87. The second-order valence-electron chi connectivity index (χ2n) is 9.51. The molecule has 0 radical (unpaired) electrons. The van der Waals surface area contributed by atoms with Crippen LogP contribution < -0.4 is 5.32 Å². The number of pyridine rings is 1. The summed E-state index contributed by atoms with van der Waals surface area (Å²) in [5, 5.41) is 4.38. The molecule has 7 heteroatoms. The Morgan fingerprint density at radius 1 is 1.13 bits per heavy atom. The summed E-state index contributed by atoms with van der Waals surface area (Å²) in [6.07, 6.45) is 10.9. The number of hydrogen-bond donors (Lipinski definition) is 1. The Morgan fingerprint density at radius 2 is 1.97 bits per heavy atom. The van der Waals surface area contributed by atoms with Crippen LogP contribution in [0, 0.1) is 11.8 Å². The molecule has 1 N–H and O–H groups in total. The maximum Gasteiger partial charge on any atom is 0.265 e. The van der Waals surface area contributed by atoms with Gasteiger partial charge >= 0.3 is 0 Å². The monoisotopic (exact) mass is 439 g/mol. The lowest BCUT2D eigenvalue weighted by Gasteiger charge is -2.41. The van der Waals surface area contributed by atoms with Crippen LogP contribution in [0.15, 0.2) is 30.6 Å². The maximum absolute atomic E-state index is 13.1. The number of nitrogens with zero attached hydrogens (tertiary/aromatic N) is 4. The van der Waals surface area contributed by atoms with Crippen molar-refractivity contribution >= 4 is 22.4 Å². The van der Waals surface area contributed by atoms with Crippen LogP contribution in [0.1, 0.15) is 66.9 Å². The van der Waals surface area contributed by atoms with E-state index in [1.54, 1.807) is 6.20 Å². The lowest BCUT2D eigenvalue weighted by atomic mass is 9.95. The van der Waals surface area contributed by atoms with Gasteiger partial charge in [0.1, 0.15) is 4.88 Å². The van der Waals surface area contributed by atoms with Gasteiger partial charge in [-0.1, -0.05) is 24.3 Å². The van der Waals surface area contributed by atoms with Gasteiger partial charge in [0.25, 0.3) is 5.91 Å². The first kappa shape index (κ1) is 20.9. The van der Waals surface area contributed by atoms with E-state index in [0.717, 1.165) is 47.6 Å². The fourth-order valence-corrected chi connectivity index (χ4v) is 5.96. The molecule has 3 aliphatic rings. The van der Waals surface area contributed by atoms with Crippen LogP contribution in [-0.2, 0) is 0 Å². The number of amides is 1. The molecule has 2 aromatic heterocycles. The Kier molecular flexibility index (Phi) is 6.23. The van der Waals surface area contributed by atoms with Crippen molar-refractivity contribution in [3.8, 4) is 0 Å². The van der Waals surface area contributed by atoms with Gasteiger partial charge in [-0.3, -0.25) is 14.7 Å². The number of piperidine rings is 2. The molecular formula is C24H33N5OS. The average molecular weight is 440 g/mol. The molecule has 4 heterocycles. The van der Waals surface area contributed by atoms with Gasteiger partial charge in [-0.15, -0.1) is 0 Å². The van der Waals surface area contributed by atoms with Crippen LogP contribution in [0.25, 0.3) is 0 Å². The topological polar surface area (TPSA) is 61.4 Å². The smallest absolute Gasteiger partial charge is 0.265 e. The molecule has 6 nitrogen and oxygen atoms in total. The molecule has 5 rings (SSSR count). The average Bonchev–Trinajstić information content (AvgIpc) is 3.55. The molecule has 1 amide bonds.